The molecule has 2 rings (SSSR count). The number of aromatic hydroxyl groups is 1. The average molecular weight is 166 g/mol. The number of benzene rings is 1. The summed E-state index contributed by atoms with van der Waals surface area (Å²) in [5.74, 6) is 0.508. The number of hydrogen-bond donors (Lipinski definition) is 2. The number of fused-ring (bicyclic) bond motifs is 1. The van der Waals surface area contributed by atoms with Gasteiger partial charge in [0.2, 0.25) is 0 Å². The highest BCUT2D eigenvalue weighted by molar-refractivity contribution is 5.49. The van der Waals surface area contributed by atoms with Crippen molar-refractivity contribution in [3.8, 4) is 11.5 Å². The first-order valence-corrected chi connectivity index (χ1v) is 3.87. The Balaban J connectivity index is 2.53. The zero-order valence-corrected chi connectivity index (χ0v) is 6.69. The Labute approximate surface area is 70.2 Å². The number of rotatable bonds is 0. The van der Waals surface area contributed by atoms with E-state index >= 15 is 0 Å². The lowest BCUT2D eigenvalue weighted by Gasteiger charge is -2.06. The first-order chi connectivity index (χ1) is 5.70. The summed E-state index contributed by atoms with van der Waals surface area (Å²) in [6, 6.07) is 4.99. The van der Waals surface area contributed by atoms with Crippen LogP contribution in [0.1, 0.15) is 18.6 Å². The number of phenolic OH excluding ortho intramolecular Hbond substituents is 1. The molecule has 0 aromatic heterocycles. The van der Waals surface area contributed by atoms with Gasteiger partial charge in [0.25, 0.3) is 0 Å². The van der Waals surface area contributed by atoms with Gasteiger partial charge in [-0.05, 0) is 13.0 Å². The van der Waals surface area contributed by atoms with E-state index in [0.717, 1.165) is 0 Å². The molecule has 0 saturated carbocycles. The summed E-state index contributed by atoms with van der Waals surface area (Å²) >= 11 is 0. The Morgan fingerprint density at radius 2 is 2.17 bits per heavy atom. The van der Waals surface area contributed by atoms with Gasteiger partial charge in [0, 0.05) is 5.56 Å². The van der Waals surface area contributed by atoms with Gasteiger partial charge in [0.05, 0.1) is 0 Å². The summed E-state index contributed by atoms with van der Waals surface area (Å²) in [4.78, 5) is 0. The molecule has 3 nitrogen and oxygen atoms in total. The van der Waals surface area contributed by atoms with Crippen molar-refractivity contribution in [1.82, 2.24) is 0 Å². The highest BCUT2D eigenvalue weighted by atomic mass is 16.5. The maximum absolute atomic E-state index is 9.54. The zero-order valence-electron chi connectivity index (χ0n) is 6.69. The van der Waals surface area contributed by atoms with E-state index in [2.05, 4.69) is 0 Å². The van der Waals surface area contributed by atoms with E-state index in [9.17, 15) is 10.2 Å². The van der Waals surface area contributed by atoms with Crippen molar-refractivity contribution in [3.05, 3.63) is 23.8 Å². The van der Waals surface area contributed by atoms with Crippen LogP contribution >= 0.6 is 0 Å². The van der Waals surface area contributed by atoms with Gasteiger partial charge in [-0.2, -0.15) is 0 Å². The fourth-order valence-electron chi connectivity index (χ4n) is 1.41. The van der Waals surface area contributed by atoms with Crippen LogP contribution in [-0.2, 0) is 0 Å². The van der Waals surface area contributed by atoms with Gasteiger partial charge in [-0.1, -0.05) is 12.1 Å². The topological polar surface area (TPSA) is 49.7 Å². The molecule has 12 heavy (non-hydrogen) atoms. The van der Waals surface area contributed by atoms with Crippen LogP contribution in [0.5, 0.6) is 11.5 Å². The minimum absolute atomic E-state index is 0.0934. The molecular formula is C9H10O3. The standard InChI is InChI=1S/C9H10O3/c1-5-8(11)6-3-2-4-7(10)9(6)12-5/h2-5,8,10-11H,1H3. The predicted octanol–water partition coefficient (Wildman–Crippen LogP) is 1.21. The molecule has 0 bridgehead atoms. The Bertz CT molecular complexity index is 309. The van der Waals surface area contributed by atoms with E-state index in [-0.39, 0.29) is 11.9 Å². The van der Waals surface area contributed by atoms with E-state index in [0.29, 0.717) is 11.3 Å². The quantitative estimate of drug-likeness (QED) is 0.609. The molecule has 0 saturated heterocycles. The molecule has 1 aliphatic rings. The van der Waals surface area contributed by atoms with Crippen LogP contribution in [-0.4, -0.2) is 16.3 Å². The zero-order chi connectivity index (χ0) is 8.72. The number of ether oxygens (including phenoxy) is 1. The van der Waals surface area contributed by atoms with Crippen LogP contribution in [0, 0.1) is 0 Å². The molecular weight excluding hydrogens is 156 g/mol. The first kappa shape index (κ1) is 7.43. The van der Waals surface area contributed by atoms with E-state index in [1.54, 1.807) is 25.1 Å². The number of aliphatic hydroxyl groups is 1. The molecule has 0 fully saturated rings. The molecule has 0 aliphatic carbocycles. The van der Waals surface area contributed by atoms with Crippen molar-refractivity contribution in [2.24, 2.45) is 0 Å². The summed E-state index contributed by atoms with van der Waals surface area (Å²) in [5.41, 5.74) is 0.669. The Morgan fingerprint density at radius 1 is 1.42 bits per heavy atom. The van der Waals surface area contributed by atoms with Crippen molar-refractivity contribution in [3.63, 3.8) is 0 Å². The highest BCUT2D eigenvalue weighted by Gasteiger charge is 2.30. The van der Waals surface area contributed by atoms with Gasteiger partial charge >= 0.3 is 0 Å². The average Bonchev–Trinajstić information content (AvgIpc) is 2.32. The van der Waals surface area contributed by atoms with E-state index in [1.807, 2.05) is 0 Å². The van der Waals surface area contributed by atoms with E-state index < -0.39 is 6.10 Å². The highest BCUT2D eigenvalue weighted by Crippen LogP contribution is 2.42. The molecule has 0 radical (unpaired) electrons. The monoisotopic (exact) mass is 166 g/mol. The number of phenols is 1. The number of para-hydroxylation sites is 1. The smallest absolute Gasteiger partial charge is 0.167 e. The molecule has 1 aromatic rings. The normalized spacial score (nSPS) is 26.5. The van der Waals surface area contributed by atoms with Crippen molar-refractivity contribution in [1.29, 1.82) is 0 Å². The third-order valence-corrected chi connectivity index (χ3v) is 2.09. The molecule has 0 amide bonds. The predicted molar refractivity (Wildman–Crippen MR) is 43.2 cm³/mol. The van der Waals surface area contributed by atoms with Crippen molar-refractivity contribution >= 4 is 0 Å². The summed E-state index contributed by atoms with van der Waals surface area (Å²) in [7, 11) is 0. The maximum Gasteiger partial charge on any atom is 0.167 e. The minimum atomic E-state index is -0.618. The third-order valence-electron chi connectivity index (χ3n) is 2.09. The Kier molecular flexibility index (Phi) is 1.48. The van der Waals surface area contributed by atoms with Gasteiger partial charge in [-0.25, -0.2) is 0 Å². The van der Waals surface area contributed by atoms with E-state index in [4.69, 9.17) is 4.74 Å². The number of aliphatic hydroxyl groups excluding tert-OH is 1. The van der Waals surface area contributed by atoms with Crippen LogP contribution in [0.3, 0.4) is 0 Å². The summed E-state index contributed by atoms with van der Waals surface area (Å²) in [6.45, 7) is 1.77. The summed E-state index contributed by atoms with van der Waals surface area (Å²) in [6.07, 6.45) is -0.889. The third kappa shape index (κ3) is 0.865. The summed E-state index contributed by atoms with van der Waals surface area (Å²) < 4.78 is 5.25. The SMILES string of the molecule is CC1Oc2c(O)cccc2C1O. The molecule has 2 atom stereocenters. The van der Waals surface area contributed by atoms with Crippen molar-refractivity contribution < 1.29 is 14.9 Å². The molecule has 2 unspecified atom stereocenters. The van der Waals surface area contributed by atoms with Gasteiger partial charge < -0.3 is 14.9 Å². The van der Waals surface area contributed by atoms with Gasteiger partial charge in [-0.3, -0.25) is 0 Å². The second-order valence-corrected chi connectivity index (χ2v) is 2.96. The largest absolute Gasteiger partial charge is 0.504 e. The first-order valence-electron chi connectivity index (χ1n) is 3.87. The summed E-state index contributed by atoms with van der Waals surface area (Å²) in [5, 5.41) is 18.9. The van der Waals surface area contributed by atoms with Crippen LogP contribution in [0.15, 0.2) is 18.2 Å². The minimum Gasteiger partial charge on any atom is -0.504 e. The molecule has 0 spiro atoms. The van der Waals surface area contributed by atoms with Crippen LogP contribution < -0.4 is 4.74 Å². The Hall–Kier alpha value is -1.22. The molecule has 64 valence electrons. The lowest BCUT2D eigenvalue weighted by molar-refractivity contribution is 0.0787. The Morgan fingerprint density at radius 3 is 2.83 bits per heavy atom. The second kappa shape index (κ2) is 2.38. The second-order valence-electron chi connectivity index (χ2n) is 2.96. The van der Waals surface area contributed by atoms with Gasteiger partial charge in [0.1, 0.15) is 12.2 Å². The lowest BCUT2D eigenvalue weighted by atomic mass is 10.1. The van der Waals surface area contributed by atoms with E-state index in [1.165, 1.54) is 0 Å². The van der Waals surface area contributed by atoms with Crippen molar-refractivity contribution in [2.45, 2.75) is 19.1 Å². The molecule has 1 aromatic carbocycles. The molecule has 2 N–H and O–H groups in total. The molecule has 1 heterocycles. The molecule has 1 aliphatic heterocycles. The fraction of sp³-hybridized carbons (Fsp3) is 0.333. The fourth-order valence-corrected chi connectivity index (χ4v) is 1.41. The molecule has 3 heteroatoms. The lowest BCUT2D eigenvalue weighted by Crippen LogP contribution is -2.12. The van der Waals surface area contributed by atoms with Gasteiger partial charge in [0.15, 0.2) is 11.5 Å². The van der Waals surface area contributed by atoms with Crippen LogP contribution in [0.25, 0.3) is 0 Å². The van der Waals surface area contributed by atoms with Crippen molar-refractivity contribution in [2.75, 3.05) is 0 Å². The number of hydrogen-bond acceptors (Lipinski definition) is 3. The maximum atomic E-state index is 9.54. The van der Waals surface area contributed by atoms with Crippen LogP contribution in [0.4, 0.5) is 0 Å². The van der Waals surface area contributed by atoms with Crippen LogP contribution in [0.2, 0.25) is 0 Å². The van der Waals surface area contributed by atoms with Gasteiger partial charge in [-0.15, -0.1) is 0 Å².